The summed E-state index contributed by atoms with van der Waals surface area (Å²) in [4.78, 5) is 65.7. The third-order valence-electron chi connectivity index (χ3n) is 5.04. The van der Waals surface area contributed by atoms with Gasteiger partial charge in [0.25, 0.3) is 0 Å². The highest BCUT2D eigenvalue weighted by atomic mass is 17.1. The van der Waals surface area contributed by atoms with Crippen LogP contribution in [0.1, 0.15) is 12.8 Å². The third-order valence-corrected chi connectivity index (χ3v) is 5.04. The van der Waals surface area contributed by atoms with Gasteiger partial charge in [0.2, 0.25) is 29.9 Å². The maximum Gasteiger partial charge on any atom is 0.345 e. The molecule has 0 fully saturated rings. The van der Waals surface area contributed by atoms with Gasteiger partial charge in [-0.25, -0.2) is 10.1 Å². The molecule has 20 heteroatoms. The smallest absolute Gasteiger partial charge is 0.345 e. The maximum atomic E-state index is 11.5. The minimum atomic E-state index is -1.76. The quantitative estimate of drug-likeness (QED) is 0.0748. The molecule has 0 aliphatic heterocycles. The number of rotatable bonds is 16. The topological polar surface area (TPSA) is 268 Å². The van der Waals surface area contributed by atoms with Gasteiger partial charge < -0.3 is 50.1 Å². The SMILES string of the molecule is CN(C)c1nc(Nc2ccccc2Nc2nc(OC(CC(=O)O)C(=O)O)nc(N(C)C)n2)nc(O/C(=C/OO)CC(=O)O)n1. The second-order valence-corrected chi connectivity index (χ2v) is 8.97. The van der Waals surface area contributed by atoms with Crippen molar-refractivity contribution in [2.75, 3.05) is 48.6 Å². The monoisotopic (exact) mass is 616 g/mol. The maximum absolute atomic E-state index is 11.5. The lowest BCUT2D eigenvalue weighted by atomic mass is 10.2. The zero-order valence-electron chi connectivity index (χ0n) is 23.7. The van der Waals surface area contributed by atoms with Crippen LogP contribution in [-0.4, -0.2) is 103 Å². The van der Waals surface area contributed by atoms with Gasteiger partial charge in [0, 0.05) is 28.2 Å². The number of para-hydroxylation sites is 2. The third kappa shape index (κ3) is 9.51. The Kier molecular flexibility index (Phi) is 10.9. The van der Waals surface area contributed by atoms with Gasteiger partial charge in [-0.3, -0.25) is 9.59 Å². The average Bonchev–Trinajstić information content (AvgIpc) is 2.93. The molecule has 2 aromatic heterocycles. The Bertz CT molecular complexity index is 1540. The second kappa shape index (κ2) is 14.7. The highest BCUT2D eigenvalue weighted by Gasteiger charge is 2.25. The summed E-state index contributed by atoms with van der Waals surface area (Å²) in [7, 11) is 6.54. The number of ether oxygens (including phenoxy) is 2. The van der Waals surface area contributed by atoms with E-state index in [-0.39, 0.29) is 35.6 Å². The normalized spacial score (nSPS) is 11.6. The molecular weight excluding hydrogens is 588 g/mol. The minimum absolute atomic E-state index is 0.0286. The predicted molar refractivity (Wildman–Crippen MR) is 150 cm³/mol. The molecule has 0 saturated heterocycles. The summed E-state index contributed by atoms with van der Waals surface area (Å²) in [6.07, 6.45) is -2.56. The summed E-state index contributed by atoms with van der Waals surface area (Å²) < 4.78 is 10.7. The van der Waals surface area contributed by atoms with Gasteiger partial charge >= 0.3 is 29.9 Å². The number of nitrogens with one attached hydrogen (secondary N) is 2. The Morgan fingerprint density at radius 2 is 1.34 bits per heavy atom. The molecule has 20 nitrogen and oxygen atoms in total. The van der Waals surface area contributed by atoms with Crippen molar-refractivity contribution in [2.24, 2.45) is 0 Å². The van der Waals surface area contributed by atoms with E-state index in [0.717, 1.165) is 0 Å². The molecule has 0 aliphatic carbocycles. The van der Waals surface area contributed by atoms with E-state index in [2.05, 4.69) is 45.4 Å². The van der Waals surface area contributed by atoms with Crippen LogP contribution in [0.2, 0.25) is 0 Å². The van der Waals surface area contributed by atoms with Crippen LogP contribution < -0.4 is 29.9 Å². The number of aliphatic carboxylic acids is 3. The van der Waals surface area contributed by atoms with Gasteiger partial charge in [-0.15, -0.1) is 0 Å². The number of aromatic nitrogens is 6. The second-order valence-electron chi connectivity index (χ2n) is 8.97. The summed E-state index contributed by atoms with van der Waals surface area (Å²) in [6, 6.07) is 5.93. The Balaban J connectivity index is 1.95. The van der Waals surface area contributed by atoms with Crippen LogP contribution >= 0.6 is 0 Å². The molecule has 1 atom stereocenters. The minimum Gasteiger partial charge on any atom is -0.481 e. The molecular formula is C24H28N10O10. The molecule has 0 saturated carbocycles. The fourth-order valence-electron chi connectivity index (χ4n) is 3.14. The molecule has 3 aromatic rings. The number of benzene rings is 1. The largest absolute Gasteiger partial charge is 0.481 e. The summed E-state index contributed by atoms with van der Waals surface area (Å²) in [5, 5.41) is 42.2. The van der Waals surface area contributed by atoms with Crippen LogP contribution in [0.4, 0.5) is 35.2 Å². The van der Waals surface area contributed by atoms with Crippen molar-refractivity contribution in [2.45, 2.75) is 18.9 Å². The molecule has 0 radical (unpaired) electrons. The Labute approximate surface area is 248 Å². The van der Waals surface area contributed by atoms with Crippen molar-refractivity contribution in [3.05, 3.63) is 36.3 Å². The first-order valence-electron chi connectivity index (χ1n) is 12.3. The van der Waals surface area contributed by atoms with Gasteiger partial charge in [0.15, 0.2) is 12.0 Å². The van der Waals surface area contributed by atoms with Crippen molar-refractivity contribution < 1.29 is 49.3 Å². The van der Waals surface area contributed by atoms with Crippen LogP contribution in [0, 0.1) is 0 Å². The van der Waals surface area contributed by atoms with Crippen molar-refractivity contribution in [3.8, 4) is 12.0 Å². The van der Waals surface area contributed by atoms with Crippen molar-refractivity contribution in [1.82, 2.24) is 29.9 Å². The lowest BCUT2D eigenvalue weighted by Gasteiger charge is -2.17. The summed E-state index contributed by atoms with van der Waals surface area (Å²) in [5.41, 5.74) is 0.766. The van der Waals surface area contributed by atoms with Crippen molar-refractivity contribution in [1.29, 1.82) is 0 Å². The van der Waals surface area contributed by atoms with Gasteiger partial charge in [-0.2, -0.15) is 29.9 Å². The number of hydrogen-bond donors (Lipinski definition) is 6. The number of carboxylic acid groups (broad SMARTS) is 3. The van der Waals surface area contributed by atoms with Crippen LogP contribution in [0.3, 0.4) is 0 Å². The highest BCUT2D eigenvalue weighted by Crippen LogP contribution is 2.28. The fourth-order valence-corrected chi connectivity index (χ4v) is 3.14. The average molecular weight is 617 g/mol. The first kappa shape index (κ1) is 32.5. The Morgan fingerprint density at radius 1 is 0.818 bits per heavy atom. The van der Waals surface area contributed by atoms with Crippen molar-refractivity contribution in [3.63, 3.8) is 0 Å². The molecule has 44 heavy (non-hydrogen) atoms. The molecule has 1 aromatic carbocycles. The number of hydrogen-bond acceptors (Lipinski definition) is 17. The predicted octanol–water partition coefficient (Wildman–Crippen LogP) is 1.17. The number of carbonyl (C=O) groups is 3. The Hall–Kier alpha value is -6.05. The van der Waals surface area contributed by atoms with Gasteiger partial charge in [0.05, 0.1) is 17.8 Å². The van der Waals surface area contributed by atoms with Gasteiger partial charge in [0.1, 0.15) is 6.42 Å². The fraction of sp³-hybridized carbons (Fsp3) is 0.292. The zero-order chi connectivity index (χ0) is 32.4. The van der Waals surface area contributed by atoms with Gasteiger partial charge in [-0.05, 0) is 12.1 Å². The number of nitrogens with zero attached hydrogens (tertiary/aromatic N) is 8. The van der Waals surface area contributed by atoms with E-state index in [4.69, 9.17) is 24.9 Å². The number of anilines is 6. The van der Waals surface area contributed by atoms with E-state index in [0.29, 0.717) is 17.6 Å². The molecule has 2 heterocycles. The van der Waals surface area contributed by atoms with Crippen LogP contribution in [-0.2, 0) is 19.3 Å². The lowest BCUT2D eigenvalue weighted by molar-refractivity contribution is -0.189. The number of carboxylic acids is 3. The van der Waals surface area contributed by atoms with E-state index < -0.39 is 42.9 Å². The molecule has 0 aliphatic rings. The van der Waals surface area contributed by atoms with Crippen LogP contribution in [0.25, 0.3) is 0 Å². The molecule has 6 N–H and O–H groups in total. The van der Waals surface area contributed by atoms with E-state index in [9.17, 15) is 19.5 Å². The van der Waals surface area contributed by atoms with E-state index in [1.165, 1.54) is 9.80 Å². The van der Waals surface area contributed by atoms with Crippen molar-refractivity contribution >= 4 is 53.1 Å². The first-order chi connectivity index (χ1) is 20.8. The standard InChI is InChI=1S/C24H28N10O10/c1-33(2)21-27-19(29-23(31-21)43-12(11-42-41)9-16(35)36)25-13-7-5-6-8-14(13)26-20-28-22(34(3)4)32-24(30-20)44-15(18(39)40)10-17(37)38/h5-8,11,15,41H,9-10H2,1-4H3,(H,35,36)(H,37,38)(H,39,40)(H,25,27,29,31)(H,26,28,30,32)/b12-11+. The summed E-state index contributed by atoms with van der Waals surface area (Å²) >= 11 is 0. The lowest BCUT2D eigenvalue weighted by Crippen LogP contribution is -2.30. The van der Waals surface area contributed by atoms with E-state index in [1.807, 2.05) is 0 Å². The van der Waals surface area contributed by atoms with E-state index >= 15 is 0 Å². The molecule has 0 bridgehead atoms. The Morgan fingerprint density at radius 3 is 1.80 bits per heavy atom. The molecule has 0 spiro atoms. The summed E-state index contributed by atoms with van der Waals surface area (Å²) in [6.45, 7) is 0. The molecule has 3 rings (SSSR count). The van der Waals surface area contributed by atoms with Gasteiger partial charge in [-0.1, -0.05) is 12.1 Å². The van der Waals surface area contributed by atoms with Crippen LogP contribution in [0.15, 0.2) is 36.3 Å². The molecule has 234 valence electrons. The first-order valence-corrected chi connectivity index (χ1v) is 12.3. The van der Waals surface area contributed by atoms with Crippen LogP contribution in [0.5, 0.6) is 12.0 Å². The highest BCUT2D eigenvalue weighted by molar-refractivity contribution is 5.80. The summed E-state index contributed by atoms with van der Waals surface area (Å²) in [5.74, 6) is -4.37. The zero-order valence-corrected chi connectivity index (χ0v) is 23.7. The molecule has 0 amide bonds. The van der Waals surface area contributed by atoms with E-state index in [1.54, 1.807) is 52.5 Å². The molecule has 1 unspecified atom stereocenters.